The molecule has 5 rings (SSSR count). The van der Waals surface area contributed by atoms with Crippen molar-refractivity contribution in [2.45, 2.75) is 37.3 Å². The second-order valence-corrected chi connectivity index (χ2v) is 14.6. The van der Waals surface area contributed by atoms with E-state index >= 15 is 0 Å². The molecule has 4 amide bonds. The highest BCUT2D eigenvalue weighted by molar-refractivity contribution is 8.00. The van der Waals surface area contributed by atoms with Crippen LogP contribution in [0, 0.1) is 6.92 Å². The van der Waals surface area contributed by atoms with E-state index in [2.05, 4.69) is 21.3 Å². The van der Waals surface area contributed by atoms with Crippen molar-refractivity contribution in [2.75, 3.05) is 36.8 Å². The lowest BCUT2D eigenvalue weighted by Crippen LogP contribution is -2.30. The van der Waals surface area contributed by atoms with Gasteiger partial charge >= 0.3 is 5.97 Å². The molecule has 14 heteroatoms. The van der Waals surface area contributed by atoms with Crippen molar-refractivity contribution in [3.63, 3.8) is 0 Å². The summed E-state index contributed by atoms with van der Waals surface area (Å²) < 4.78 is 16.2. The molecule has 0 aliphatic heterocycles. The van der Waals surface area contributed by atoms with Crippen molar-refractivity contribution in [1.29, 1.82) is 0 Å². The van der Waals surface area contributed by atoms with Crippen molar-refractivity contribution < 1.29 is 38.2 Å². The smallest absolute Gasteiger partial charge is 0.341 e. The van der Waals surface area contributed by atoms with Crippen molar-refractivity contribution in [3.05, 3.63) is 136 Å². The normalized spacial score (nSPS) is 11.5. The van der Waals surface area contributed by atoms with Gasteiger partial charge in [-0.1, -0.05) is 49.4 Å². The van der Waals surface area contributed by atoms with E-state index in [1.54, 1.807) is 111 Å². The Morgan fingerprint density at radius 2 is 1.47 bits per heavy atom. The van der Waals surface area contributed by atoms with Crippen LogP contribution >= 0.6 is 23.1 Å². The van der Waals surface area contributed by atoms with Gasteiger partial charge in [0.2, 0.25) is 5.91 Å². The zero-order chi connectivity index (χ0) is 40.9. The number of hydrogen-bond donors (Lipinski definition) is 4. The SMILES string of the molecule is CCOC(=O)c1c(NC(=O)C(CC)Sc2cccc(NC(=O)/C(=C\c3cc(OC)ccc3OC)NC(=O)c3ccccc3)c2)sc(C(=O)Nc2ccccc2)c1C. The number of carbonyl (C=O) groups is 5. The minimum Gasteiger partial charge on any atom is -0.497 e. The van der Waals surface area contributed by atoms with Gasteiger partial charge in [-0.25, -0.2) is 4.79 Å². The summed E-state index contributed by atoms with van der Waals surface area (Å²) in [5.41, 5.74) is 2.30. The van der Waals surface area contributed by atoms with Crippen LogP contribution in [0.1, 0.15) is 61.8 Å². The van der Waals surface area contributed by atoms with Crippen molar-refractivity contribution in [1.82, 2.24) is 5.32 Å². The van der Waals surface area contributed by atoms with E-state index in [0.717, 1.165) is 11.3 Å². The van der Waals surface area contributed by atoms with E-state index in [9.17, 15) is 24.0 Å². The van der Waals surface area contributed by atoms with Gasteiger partial charge in [-0.15, -0.1) is 23.1 Å². The molecule has 1 aromatic heterocycles. The molecule has 1 unspecified atom stereocenters. The molecular weight excluding hydrogens is 765 g/mol. The standard InChI is InChI=1S/C43H42N4O8S2/c1-6-35(40(50)47-42-36(43(52)55-7-2)26(3)37(57-42)41(51)44-29-17-12-9-13-18-29)56-32-20-14-19-30(25-32)45-39(49)33(46-38(48)27-15-10-8-11-16-27)24-28-23-31(53-4)21-22-34(28)54-5/h8-25,35H,6-7H2,1-5H3,(H,44,51)(H,45,49)(H,46,48)(H,47,50)/b33-24+. The molecule has 57 heavy (non-hydrogen) atoms. The van der Waals surface area contributed by atoms with E-state index in [1.807, 2.05) is 13.0 Å². The largest absolute Gasteiger partial charge is 0.497 e. The summed E-state index contributed by atoms with van der Waals surface area (Å²) in [4.78, 5) is 68.2. The Kier molecular flexibility index (Phi) is 14.6. The number of carbonyl (C=O) groups excluding carboxylic acids is 5. The van der Waals surface area contributed by atoms with Crippen LogP contribution in [0.3, 0.4) is 0 Å². The topological polar surface area (TPSA) is 161 Å². The van der Waals surface area contributed by atoms with Crippen LogP contribution in [0.5, 0.6) is 11.5 Å². The van der Waals surface area contributed by atoms with Crippen LogP contribution in [-0.2, 0) is 14.3 Å². The molecule has 0 bridgehead atoms. The zero-order valence-electron chi connectivity index (χ0n) is 32.0. The highest BCUT2D eigenvalue weighted by Crippen LogP contribution is 2.36. The molecule has 5 aromatic rings. The Hall–Kier alpha value is -6.38. The van der Waals surface area contributed by atoms with Gasteiger partial charge in [0.15, 0.2) is 0 Å². The number of amides is 4. The molecule has 0 aliphatic rings. The maximum atomic E-state index is 13.9. The fraction of sp³-hybridized carbons (Fsp3) is 0.186. The first-order valence-electron chi connectivity index (χ1n) is 17.9. The summed E-state index contributed by atoms with van der Waals surface area (Å²) in [7, 11) is 3.02. The van der Waals surface area contributed by atoms with E-state index < -0.39 is 28.9 Å². The van der Waals surface area contributed by atoms with Gasteiger partial charge in [0.25, 0.3) is 17.7 Å². The minimum absolute atomic E-state index is 0.0558. The quantitative estimate of drug-likeness (QED) is 0.0436. The summed E-state index contributed by atoms with van der Waals surface area (Å²) >= 11 is 2.26. The third-order valence-electron chi connectivity index (χ3n) is 8.40. The number of nitrogens with one attached hydrogen (secondary N) is 4. The van der Waals surface area contributed by atoms with Crippen LogP contribution in [0.15, 0.2) is 114 Å². The third kappa shape index (κ3) is 10.9. The first kappa shape index (κ1) is 41.8. The monoisotopic (exact) mass is 806 g/mol. The third-order valence-corrected chi connectivity index (χ3v) is 11.0. The van der Waals surface area contributed by atoms with E-state index in [-0.39, 0.29) is 33.7 Å². The Labute approximate surface area is 339 Å². The molecule has 294 valence electrons. The van der Waals surface area contributed by atoms with Crippen molar-refractivity contribution in [3.8, 4) is 11.5 Å². The Morgan fingerprint density at radius 3 is 2.14 bits per heavy atom. The highest BCUT2D eigenvalue weighted by atomic mass is 32.2. The molecular formula is C43H42N4O8S2. The summed E-state index contributed by atoms with van der Waals surface area (Å²) in [5, 5.41) is 10.9. The second-order valence-electron chi connectivity index (χ2n) is 12.3. The average molecular weight is 807 g/mol. The molecule has 4 aromatic carbocycles. The molecule has 4 N–H and O–H groups in total. The highest BCUT2D eigenvalue weighted by Gasteiger charge is 2.29. The van der Waals surface area contributed by atoms with Crippen LogP contribution in [0.2, 0.25) is 0 Å². The number of esters is 1. The molecule has 1 atom stereocenters. The van der Waals surface area contributed by atoms with Gasteiger partial charge < -0.3 is 35.5 Å². The number of thiophene rings is 1. The number of hydrogen-bond acceptors (Lipinski definition) is 10. The van der Waals surface area contributed by atoms with Crippen LogP contribution in [0.25, 0.3) is 6.08 Å². The molecule has 0 fully saturated rings. The molecule has 0 radical (unpaired) electrons. The Balaban J connectivity index is 1.36. The van der Waals surface area contributed by atoms with Gasteiger partial charge in [-0.2, -0.15) is 0 Å². The van der Waals surface area contributed by atoms with Crippen LogP contribution in [-0.4, -0.2) is 55.7 Å². The summed E-state index contributed by atoms with van der Waals surface area (Å²) in [6, 6.07) is 29.4. The first-order valence-corrected chi connectivity index (χ1v) is 19.6. The van der Waals surface area contributed by atoms with Crippen LogP contribution in [0.4, 0.5) is 16.4 Å². The molecule has 12 nitrogen and oxygen atoms in total. The van der Waals surface area contributed by atoms with Gasteiger partial charge in [0, 0.05) is 27.4 Å². The lowest BCUT2D eigenvalue weighted by molar-refractivity contribution is -0.116. The second kappa shape index (κ2) is 20.0. The lowest BCUT2D eigenvalue weighted by atomic mass is 10.1. The van der Waals surface area contributed by atoms with Gasteiger partial charge in [0.1, 0.15) is 22.2 Å². The van der Waals surface area contributed by atoms with Crippen molar-refractivity contribution >= 4 is 75.1 Å². The predicted octanol–water partition coefficient (Wildman–Crippen LogP) is 8.42. The molecule has 0 spiro atoms. The maximum absolute atomic E-state index is 13.9. The van der Waals surface area contributed by atoms with E-state index in [4.69, 9.17) is 14.2 Å². The predicted molar refractivity (Wildman–Crippen MR) is 224 cm³/mol. The van der Waals surface area contributed by atoms with E-state index in [0.29, 0.717) is 50.9 Å². The number of para-hydroxylation sites is 1. The fourth-order valence-corrected chi connectivity index (χ4v) is 7.66. The van der Waals surface area contributed by atoms with Crippen molar-refractivity contribution in [2.24, 2.45) is 0 Å². The Morgan fingerprint density at radius 1 is 0.772 bits per heavy atom. The molecule has 0 saturated heterocycles. The zero-order valence-corrected chi connectivity index (χ0v) is 33.6. The lowest BCUT2D eigenvalue weighted by Gasteiger charge is -2.16. The number of ether oxygens (including phenoxy) is 3. The summed E-state index contributed by atoms with van der Waals surface area (Å²) in [6.45, 7) is 5.29. The maximum Gasteiger partial charge on any atom is 0.341 e. The first-order chi connectivity index (χ1) is 27.5. The minimum atomic E-state index is -0.650. The number of anilines is 3. The van der Waals surface area contributed by atoms with Crippen LogP contribution < -0.4 is 30.7 Å². The number of rotatable bonds is 16. The number of benzene rings is 4. The summed E-state index contributed by atoms with van der Waals surface area (Å²) in [5.74, 6) is -1.58. The number of thioether (sulfide) groups is 1. The summed E-state index contributed by atoms with van der Waals surface area (Å²) in [6.07, 6.45) is 1.91. The number of methoxy groups -OCH3 is 2. The van der Waals surface area contributed by atoms with Gasteiger partial charge in [-0.05, 0) is 92.6 Å². The average Bonchev–Trinajstić information content (AvgIpc) is 3.55. The van der Waals surface area contributed by atoms with E-state index in [1.165, 1.54) is 32.1 Å². The van der Waals surface area contributed by atoms with Gasteiger partial charge in [-0.3, -0.25) is 19.2 Å². The Bertz CT molecular complexity index is 2280. The fourth-order valence-electron chi connectivity index (χ4n) is 5.55. The molecule has 1 heterocycles. The molecule has 0 saturated carbocycles. The molecule has 0 aliphatic carbocycles. The van der Waals surface area contributed by atoms with Gasteiger partial charge in [0.05, 0.1) is 36.5 Å².